The number of aliphatic hydroxyl groups excluding tert-OH is 2. The van der Waals surface area contributed by atoms with Crippen LogP contribution in [0.15, 0.2) is 39.5 Å². The lowest BCUT2D eigenvalue weighted by atomic mass is 9.57. The zero-order valence-corrected chi connectivity index (χ0v) is 25.3. The number of anilines is 1. The van der Waals surface area contributed by atoms with Gasteiger partial charge in [-0.3, -0.25) is 24.2 Å². The number of benzene rings is 1. The van der Waals surface area contributed by atoms with Gasteiger partial charge in [-0.1, -0.05) is 0 Å². The van der Waals surface area contributed by atoms with Gasteiger partial charge < -0.3 is 35.5 Å². The fourth-order valence-corrected chi connectivity index (χ4v) is 7.65. The van der Waals surface area contributed by atoms with Crippen molar-refractivity contribution in [3.8, 4) is 17.1 Å². The number of hydrogen-bond acceptors (Lipinski definition) is 11. The molecule has 1 aromatic heterocycles. The van der Waals surface area contributed by atoms with Gasteiger partial charge in [0.25, 0.3) is 5.91 Å². The number of carbonyl (C=O) groups excluding carboxylic acids is 3. The lowest BCUT2D eigenvalue weighted by molar-refractivity contribution is -0.153. The molecule has 44 heavy (non-hydrogen) atoms. The van der Waals surface area contributed by atoms with E-state index in [0.29, 0.717) is 29.1 Å². The number of aliphatic hydroxyl groups is 3. The highest BCUT2D eigenvalue weighted by molar-refractivity contribution is 6.24. The summed E-state index contributed by atoms with van der Waals surface area (Å²) in [5, 5.41) is 46.3. The van der Waals surface area contributed by atoms with E-state index in [0.717, 1.165) is 31.7 Å². The number of nitrogens with two attached hydrogens (primary N) is 1. The van der Waals surface area contributed by atoms with Gasteiger partial charge in [-0.05, 0) is 82.5 Å². The number of hydrogen-bond donors (Lipinski definition) is 5. The first-order valence-corrected chi connectivity index (χ1v) is 14.8. The molecule has 234 valence electrons. The topological polar surface area (TPSA) is 181 Å². The van der Waals surface area contributed by atoms with Crippen molar-refractivity contribution in [2.24, 2.45) is 17.6 Å². The first-order valence-electron chi connectivity index (χ1n) is 14.8. The number of phenolic OH excluding ortho intramolecular Hbond substituents is 1. The third kappa shape index (κ3) is 4.26. The summed E-state index contributed by atoms with van der Waals surface area (Å²) >= 11 is 0. The molecule has 1 saturated heterocycles. The Balaban J connectivity index is 1.50. The van der Waals surface area contributed by atoms with Crippen LogP contribution in [0, 0.1) is 11.8 Å². The van der Waals surface area contributed by atoms with Gasteiger partial charge in [0.15, 0.2) is 11.4 Å². The first kappa shape index (κ1) is 29.9. The molecule has 4 atom stereocenters. The number of ketones is 2. The Labute approximate surface area is 254 Å². The van der Waals surface area contributed by atoms with Gasteiger partial charge in [-0.25, -0.2) is 0 Å². The number of primary amides is 1. The predicted octanol–water partition coefficient (Wildman–Crippen LogP) is 1.89. The van der Waals surface area contributed by atoms with E-state index in [1.165, 1.54) is 4.90 Å². The number of furan rings is 1. The molecular formula is C32H38N4O8. The smallest absolute Gasteiger partial charge is 0.255 e. The first-order chi connectivity index (χ1) is 20.8. The van der Waals surface area contributed by atoms with Crippen LogP contribution in [0.2, 0.25) is 0 Å². The Bertz CT molecular complexity index is 1650. The van der Waals surface area contributed by atoms with Crippen LogP contribution in [-0.4, -0.2) is 101 Å². The van der Waals surface area contributed by atoms with Crippen LogP contribution in [0.25, 0.3) is 17.1 Å². The van der Waals surface area contributed by atoms with E-state index in [9.17, 15) is 34.8 Å². The van der Waals surface area contributed by atoms with Gasteiger partial charge >= 0.3 is 0 Å². The van der Waals surface area contributed by atoms with Crippen molar-refractivity contribution < 1.29 is 39.2 Å². The predicted molar refractivity (Wildman–Crippen MR) is 161 cm³/mol. The van der Waals surface area contributed by atoms with Crippen molar-refractivity contribution in [2.45, 2.75) is 43.9 Å². The number of amides is 1. The van der Waals surface area contributed by atoms with Crippen LogP contribution in [-0.2, 0) is 27.3 Å². The minimum absolute atomic E-state index is 0.0270. The zero-order valence-electron chi connectivity index (χ0n) is 25.3. The Hall–Kier alpha value is -4.13. The molecule has 12 nitrogen and oxygen atoms in total. The fourth-order valence-electron chi connectivity index (χ4n) is 7.65. The van der Waals surface area contributed by atoms with E-state index in [1.807, 2.05) is 25.1 Å². The van der Waals surface area contributed by atoms with Gasteiger partial charge in [-0.2, -0.15) is 0 Å². The van der Waals surface area contributed by atoms with Crippen LogP contribution in [0.5, 0.6) is 5.75 Å². The summed E-state index contributed by atoms with van der Waals surface area (Å²) in [6.45, 7) is 2.62. The number of fused-ring (bicyclic) bond motifs is 3. The maximum atomic E-state index is 14.2. The molecule has 0 spiro atoms. The summed E-state index contributed by atoms with van der Waals surface area (Å²) in [7, 11) is 6.80. The third-order valence-electron chi connectivity index (χ3n) is 9.68. The second-order valence-electron chi connectivity index (χ2n) is 12.8. The van der Waals surface area contributed by atoms with E-state index < -0.39 is 58.0 Å². The molecule has 6 rings (SSSR count). The molecule has 4 aliphatic rings. The molecule has 3 aliphatic carbocycles. The minimum Gasteiger partial charge on any atom is -0.508 e. The molecule has 6 N–H and O–H groups in total. The Morgan fingerprint density at radius 1 is 1.11 bits per heavy atom. The van der Waals surface area contributed by atoms with Gasteiger partial charge in [0.2, 0.25) is 5.78 Å². The number of nitrogens with zero attached hydrogens (tertiary/aromatic N) is 3. The normalized spacial score (nSPS) is 27.1. The number of aromatic hydroxyl groups is 1. The molecule has 1 aromatic carbocycles. The molecule has 1 saturated carbocycles. The van der Waals surface area contributed by atoms with Gasteiger partial charge in [0.1, 0.15) is 34.4 Å². The summed E-state index contributed by atoms with van der Waals surface area (Å²) in [6.07, 6.45) is 2.50. The average Bonchev–Trinajstić information content (AvgIpc) is 3.63. The molecule has 12 heteroatoms. The largest absolute Gasteiger partial charge is 0.508 e. The van der Waals surface area contributed by atoms with E-state index in [2.05, 4.69) is 4.90 Å². The number of likely N-dealkylation sites (N-methyl/N-ethyl adjacent to an activating group) is 1. The van der Waals surface area contributed by atoms with Crippen molar-refractivity contribution in [3.63, 3.8) is 0 Å². The van der Waals surface area contributed by atoms with E-state index in [1.54, 1.807) is 26.2 Å². The third-order valence-corrected chi connectivity index (χ3v) is 9.68. The van der Waals surface area contributed by atoms with Crippen LogP contribution < -0.4 is 10.6 Å². The summed E-state index contributed by atoms with van der Waals surface area (Å²) in [4.78, 5) is 45.3. The van der Waals surface area contributed by atoms with Crippen molar-refractivity contribution in [3.05, 3.63) is 52.0 Å². The molecule has 1 aliphatic heterocycles. The molecule has 0 bridgehead atoms. The molecule has 2 heterocycles. The SMILES string of the molecule is CN(C)c1cc(-c2ccc(CN3CCCC3)o2)c(O)c2c1C[C@H]1C[C@H]3[C@@H](N(C)C)C(=O)C(C(N)=O)=C(O)[C@]3(O)C(=O)C1=C2O. The quantitative estimate of drug-likeness (QED) is 0.303. The molecule has 0 radical (unpaired) electrons. The van der Waals surface area contributed by atoms with Gasteiger partial charge in [-0.15, -0.1) is 0 Å². The van der Waals surface area contributed by atoms with Crippen molar-refractivity contribution in [1.29, 1.82) is 0 Å². The molecular weight excluding hydrogens is 568 g/mol. The highest BCUT2D eigenvalue weighted by Gasteiger charge is 2.64. The number of rotatable bonds is 6. The van der Waals surface area contributed by atoms with Crippen molar-refractivity contribution in [1.82, 2.24) is 9.80 Å². The Kier molecular flexibility index (Phi) is 7.14. The van der Waals surface area contributed by atoms with E-state index in [-0.39, 0.29) is 29.7 Å². The van der Waals surface area contributed by atoms with E-state index in [4.69, 9.17) is 10.2 Å². The summed E-state index contributed by atoms with van der Waals surface area (Å²) in [5.74, 6) is -5.69. The molecule has 2 aromatic rings. The number of likely N-dealkylation sites (tertiary alicyclic amines) is 1. The lowest BCUT2D eigenvalue weighted by Gasteiger charge is -2.50. The highest BCUT2D eigenvalue weighted by atomic mass is 16.4. The second kappa shape index (κ2) is 10.5. The maximum absolute atomic E-state index is 14.2. The highest BCUT2D eigenvalue weighted by Crippen LogP contribution is 2.55. The van der Waals surface area contributed by atoms with Gasteiger partial charge in [0.05, 0.1) is 23.7 Å². The second-order valence-corrected chi connectivity index (χ2v) is 12.8. The number of phenols is 1. The molecule has 0 unspecified atom stereocenters. The van der Waals surface area contributed by atoms with E-state index >= 15 is 0 Å². The standard InChI is InChI=1S/C32H38N4O8/c1-34(2)20-13-18(21-8-7-16(44-21)14-36-9-5-6-10-36)26(37)23-17(20)11-15-12-19-25(35(3)4)28(39)24(31(33)42)30(41)32(19,43)29(40)22(15)27(23)38/h7-8,13,15,19,25,37-38,41,43H,5-6,9-12,14H2,1-4H3,(H2,33,42)/t15-,19-,25+,32+/m0/s1. The maximum Gasteiger partial charge on any atom is 0.255 e. The minimum atomic E-state index is -2.69. The van der Waals surface area contributed by atoms with Crippen molar-refractivity contribution >= 4 is 28.9 Å². The van der Waals surface area contributed by atoms with Crippen LogP contribution in [0.1, 0.15) is 36.1 Å². The van der Waals surface area contributed by atoms with Crippen LogP contribution in [0.4, 0.5) is 5.69 Å². The fraction of sp³-hybridized carbons (Fsp3) is 0.469. The Morgan fingerprint density at radius 2 is 1.80 bits per heavy atom. The van der Waals surface area contributed by atoms with Crippen LogP contribution in [0.3, 0.4) is 0 Å². The zero-order chi connectivity index (χ0) is 31.8. The molecule has 1 amide bonds. The summed E-state index contributed by atoms with van der Waals surface area (Å²) in [6, 6.07) is 4.26. The van der Waals surface area contributed by atoms with Crippen LogP contribution >= 0.6 is 0 Å². The average molecular weight is 607 g/mol. The molecule has 2 fully saturated rings. The summed E-state index contributed by atoms with van der Waals surface area (Å²) < 4.78 is 6.14. The monoisotopic (exact) mass is 606 g/mol. The van der Waals surface area contributed by atoms with Crippen molar-refractivity contribution in [2.75, 3.05) is 46.2 Å². The Morgan fingerprint density at radius 3 is 2.41 bits per heavy atom. The number of Topliss-reactive ketones (excluding diaryl/α,β-unsaturated/α-hetero) is 2. The lowest BCUT2D eigenvalue weighted by Crippen LogP contribution is -2.65. The summed E-state index contributed by atoms with van der Waals surface area (Å²) in [5.41, 5.74) is 3.32. The van der Waals surface area contributed by atoms with Gasteiger partial charge in [0, 0.05) is 31.3 Å². The number of carbonyl (C=O) groups is 3.